The number of anilines is 1. The normalized spacial score (nSPS) is 23.5. The van der Waals surface area contributed by atoms with Crippen molar-refractivity contribution < 1.29 is 23.1 Å². The number of hydrogen-bond donors (Lipinski definition) is 2. The number of carboxylic acid groups (broad SMARTS) is 1. The molecule has 2 N–H and O–H groups in total. The van der Waals surface area contributed by atoms with E-state index in [-0.39, 0.29) is 29.0 Å². The smallest absolute Gasteiger partial charge is 0.416 e. The molecule has 140 valence electrons. The van der Waals surface area contributed by atoms with Crippen LogP contribution in [0, 0.1) is 12.8 Å². The predicted octanol–water partition coefficient (Wildman–Crippen LogP) is 5.54. The minimum absolute atomic E-state index is 0.0476. The van der Waals surface area contributed by atoms with Crippen molar-refractivity contribution in [1.82, 2.24) is 0 Å². The lowest BCUT2D eigenvalue weighted by Crippen LogP contribution is -2.29. The summed E-state index contributed by atoms with van der Waals surface area (Å²) in [5, 5.41) is 12.4. The fourth-order valence-electron chi connectivity index (χ4n) is 4.22. The highest BCUT2D eigenvalue weighted by Gasteiger charge is 2.40. The van der Waals surface area contributed by atoms with Gasteiger partial charge in [0.15, 0.2) is 0 Å². The lowest BCUT2D eigenvalue weighted by atomic mass is 9.76. The first-order chi connectivity index (χ1) is 12.8. The lowest BCUT2D eigenvalue weighted by Gasteiger charge is -2.38. The number of fused-ring (bicyclic) bond motifs is 3. The first-order valence-electron chi connectivity index (χ1n) is 8.74. The van der Waals surface area contributed by atoms with Crippen molar-refractivity contribution >= 4 is 11.7 Å². The SMILES string of the molecule is Cc1cc2c(cc1C(F)(F)F)N[C@H](c1ccc(C(=O)O)cc1)[C@@H]1CC=C[C@@H]21. The molecule has 6 heteroatoms. The molecule has 0 saturated carbocycles. The zero-order valence-electron chi connectivity index (χ0n) is 14.5. The van der Waals surface area contributed by atoms with Crippen molar-refractivity contribution in [3.63, 3.8) is 0 Å². The van der Waals surface area contributed by atoms with Gasteiger partial charge in [-0.15, -0.1) is 0 Å². The van der Waals surface area contributed by atoms with Crippen molar-refractivity contribution in [2.45, 2.75) is 31.5 Å². The number of nitrogens with one attached hydrogen (secondary N) is 1. The second kappa shape index (κ2) is 6.15. The van der Waals surface area contributed by atoms with Crippen LogP contribution in [0.5, 0.6) is 0 Å². The van der Waals surface area contributed by atoms with Gasteiger partial charge in [-0.05, 0) is 54.2 Å². The summed E-state index contributed by atoms with van der Waals surface area (Å²) in [6.45, 7) is 1.49. The maximum Gasteiger partial charge on any atom is 0.416 e. The van der Waals surface area contributed by atoms with E-state index >= 15 is 0 Å². The number of halogens is 3. The van der Waals surface area contributed by atoms with Crippen molar-refractivity contribution in [2.24, 2.45) is 5.92 Å². The van der Waals surface area contributed by atoms with E-state index in [1.807, 2.05) is 0 Å². The Bertz CT molecular complexity index is 932. The minimum Gasteiger partial charge on any atom is -0.478 e. The molecular weight excluding hydrogens is 355 g/mol. The van der Waals surface area contributed by atoms with Gasteiger partial charge in [0.05, 0.1) is 17.2 Å². The average Bonchev–Trinajstić information content (AvgIpc) is 3.10. The molecule has 0 amide bonds. The van der Waals surface area contributed by atoms with Crippen molar-refractivity contribution in [1.29, 1.82) is 0 Å². The Labute approximate surface area is 154 Å². The summed E-state index contributed by atoms with van der Waals surface area (Å²) >= 11 is 0. The van der Waals surface area contributed by atoms with Crippen LogP contribution in [0.25, 0.3) is 0 Å². The van der Waals surface area contributed by atoms with Crippen LogP contribution in [0.1, 0.15) is 51.0 Å². The van der Waals surface area contributed by atoms with Gasteiger partial charge in [-0.1, -0.05) is 30.4 Å². The van der Waals surface area contributed by atoms with Gasteiger partial charge in [-0.3, -0.25) is 0 Å². The zero-order chi connectivity index (χ0) is 19.3. The van der Waals surface area contributed by atoms with Gasteiger partial charge in [0.2, 0.25) is 0 Å². The molecule has 0 radical (unpaired) electrons. The highest BCUT2D eigenvalue weighted by molar-refractivity contribution is 5.87. The first kappa shape index (κ1) is 17.6. The van der Waals surface area contributed by atoms with Crippen LogP contribution < -0.4 is 5.32 Å². The molecule has 4 rings (SSSR count). The fourth-order valence-corrected chi connectivity index (χ4v) is 4.22. The van der Waals surface area contributed by atoms with E-state index in [1.54, 1.807) is 18.2 Å². The van der Waals surface area contributed by atoms with Crippen LogP contribution in [0.2, 0.25) is 0 Å². The van der Waals surface area contributed by atoms with E-state index < -0.39 is 17.7 Å². The highest BCUT2D eigenvalue weighted by atomic mass is 19.4. The summed E-state index contributed by atoms with van der Waals surface area (Å²) in [5.41, 5.74) is 2.04. The summed E-state index contributed by atoms with van der Waals surface area (Å²) in [7, 11) is 0. The monoisotopic (exact) mass is 373 g/mol. The largest absolute Gasteiger partial charge is 0.478 e. The number of hydrogen-bond acceptors (Lipinski definition) is 2. The van der Waals surface area contributed by atoms with E-state index in [4.69, 9.17) is 5.11 Å². The number of aromatic carboxylic acids is 1. The molecule has 2 aliphatic rings. The second-order valence-corrected chi connectivity index (χ2v) is 7.15. The maximum atomic E-state index is 13.3. The molecule has 0 bridgehead atoms. The van der Waals surface area contributed by atoms with Gasteiger partial charge < -0.3 is 10.4 Å². The van der Waals surface area contributed by atoms with Gasteiger partial charge in [-0.25, -0.2) is 4.79 Å². The number of aryl methyl sites for hydroxylation is 1. The fraction of sp³-hybridized carbons (Fsp3) is 0.286. The number of benzene rings is 2. The van der Waals surface area contributed by atoms with E-state index in [1.165, 1.54) is 25.1 Å². The molecule has 2 aromatic rings. The lowest BCUT2D eigenvalue weighted by molar-refractivity contribution is -0.138. The molecule has 1 aliphatic carbocycles. The number of alkyl halides is 3. The van der Waals surface area contributed by atoms with Gasteiger partial charge in [-0.2, -0.15) is 13.2 Å². The van der Waals surface area contributed by atoms with E-state index in [0.29, 0.717) is 5.69 Å². The molecule has 1 heterocycles. The molecule has 3 nitrogen and oxygen atoms in total. The average molecular weight is 373 g/mol. The van der Waals surface area contributed by atoms with Crippen LogP contribution in [0.4, 0.5) is 18.9 Å². The molecule has 0 spiro atoms. The molecule has 0 fully saturated rings. The van der Waals surface area contributed by atoms with Crippen LogP contribution in [-0.2, 0) is 6.18 Å². The first-order valence-corrected chi connectivity index (χ1v) is 8.74. The van der Waals surface area contributed by atoms with Crippen LogP contribution >= 0.6 is 0 Å². The highest BCUT2D eigenvalue weighted by Crippen LogP contribution is 2.51. The standard InChI is InChI=1S/C21H18F3NO2/c1-11-9-16-14-3-2-4-15(14)19(12-5-7-13(8-6-12)20(26)27)25-18(16)10-17(11)21(22,23)24/h2-3,5-10,14-15,19,25H,4H2,1H3,(H,26,27)/t14-,15-,19-/m1/s1. The summed E-state index contributed by atoms with van der Waals surface area (Å²) < 4.78 is 40.0. The third-order valence-corrected chi connectivity index (χ3v) is 5.53. The molecule has 0 saturated heterocycles. The number of carbonyl (C=O) groups is 1. The molecular formula is C21H18F3NO2. The molecule has 27 heavy (non-hydrogen) atoms. The molecule has 0 aromatic heterocycles. The minimum atomic E-state index is -4.40. The quantitative estimate of drug-likeness (QED) is 0.680. The van der Waals surface area contributed by atoms with Gasteiger partial charge in [0.25, 0.3) is 0 Å². The Hall–Kier alpha value is -2.76. The van der Waals surface area contributed by atoms with E-state index in [9.17, 15) is 18.0 Å². The molecule has 3 atom stereocenters. The number of carboxylic acids is 1. The van der Waals surface area contributed by atoms with Crippen LogP contribution in [0.15, 0.2) is 48.6 Å². The Kier molecular flexibility index (Phi) is 4.02. The van der Waals surface area contributed by atoms with Crippen LogP contribution in [-0.4, -0.2) is 11.1 Å². The van der Waals surface area contributed by atoms with E-state index in [0.717, 1.165) is 17.5 Å². The Morgan fingerprint density at radius 1 is 1.19 bits per heavy atom. The predicted molar refractivity (Wildman–Crippen MR) is 95.9 cm³/mol. The Balaban J connectivity index is 1.77. The molecule has 0 unspecified atom stereocenters. The van der Waals surface area contributed by atoms with Crippen LogP contribution in [0.3, 0.4) is 0 Å². The van der Waals surface area contributed by atoms with E-state index in [2.05, 4.69) is 17.5 Å². The summed E-state index contributed by atoms with van der Waals surface area (Å²) in [4.78, 5) is 11.1. The van der Waals surface area contributed by atoms with Gasteiger partial charge >= 0.3 is 12.1 Å². The topological polar surface area (TPSA) is 49.3 Å². The van der Waals surface area contributed by atoms with Gasteiger partial charge in [0.1, 0.15) is 0 Å². The second-order valence-electron chi connectivity index (χ2n) is 7.15. The Morgan fingerprint density at radius 2 is 1.89 bits per heavy atom. The van der Waals surface area contributed by atoms with Crippen molar-refractivity contribution in [3.8, 4) is 0 Å². The maximum absolute atomic E-state index is 13.3. The van der Waals surface area contributed by atoms with Crippen molar-refractivity contribution in [3.05, 3.63) is 76.4 Å². The molecule has 1 aliphatic heterocycles. The number of rotatable bonds is 2. The summed E-state index contributed by atoms with van der Waals surface area (Å²) in [6, 6.07) is 9.20. The third kappa shape index (κ3) is 2.99. The van der Waals surface area contributed by atoms with Gasteiger partial charge in [0, 0.05) is 11.6 Å². The Morgan fingerprint density at radius 3 is 2.52 bits per heavy atom. The molecule has 2 aromatic carbocycles. The third-order valence-electron chi connectivity index (χ3n) is 5.53. The van der Waals surface area contributed by atoms with Crippen molar-refractivity contribution in [2.75, 3.05) is 5.32 Å². The zero-order valence-corrected chi connectivity index (χ0v) is 14.5. The summed E-state index contributed by atoms with van der Waals surface area (Å²) in [6.07, 6.45) is 0.553. The summed E-state index contributed by atoms with van der Waals surface area (Å²) in [5.74, 6) is -0.773. The number of allylic oxidation sites excluding steroid dienone is 2.